The van der Waals surface area contributed by atoms with Gasteiger partial charge >= 0.3 is 5.97 Å². The lowest BCUT2D eigenvalue weighted by Crippen LogP contribution is -2.32. The van der Waals surface area contributed by atoms with Gasteiger partial charge in [-0.2, -0.15) is 5.26 Å². The Morgan fingerprint density at radius 2 is 1.78 bits per heavy atom. The van der Waals surface area contributed by atoms with Crippen LogP contribution in [0.25, 0.3) is 0 Å². The maximum Gasteiger partial charge on any atom is 0.303 e. The summed E-state index contributed by atoms with van der Waals surface area (Å²) in [6.07, 6.45) is 5.34. The summed E-state index contributed by atoms with van der Waals surface area (Å²) in [6.45, 7) is 0. The Morgan fingerprint density at radius 1 is 1.13 bits per heavy atom. The first-order valence-corrected chi connectivity index (χ1v) is 8.01. The number of benzene rings is 1. The van der Waals surface area contributed by atoms with Crippen molar-refractivity contribution in [3.8, 4) is 6.07 Å². The molecule has 1 aromatic rings. The first-order valence-electron chi connectivity index (χ1n) is 8.01. The topological polar surface area (TPSA) is 90.2 Å². The summed E-state index contributed by atoms with van der Waals surface area (Å²) >= 11 is 0. The average molecular weight is 314 g/mol. The van der Waals surface area contributed by atoms with Crippen molar-refractivity contribution in [2.75, 3.05) is 5.32 Å². The van der Waals surface area contributed by atoms with Crippen LogP contribution in [0.4, 0.5) is 5.69 Å². The molecule has 0 unspecified atom stereocenters. The number of nitrogens with one attached hydrogen (secondary N) is 1. The van der Waals surface area contributed by atoms with E-state index in [4.69, 9.17) is 10.4 Å². The number of carbonyl (C=O) groups excluding carboxylic acids is 1. The molecule has 0 bridgehead atoms. The third kappa shape index (κ3) is 5.10. The predicted molar refractivity (Wildman–Crippen MR) is 86.8 cm³/mol. The van der Waals surface area contributed by atoms with E-state index in [2.05, 4.69) is 11.4 Å². The number of amides is 1. The Labute approximate surface area is 136 Å². The number of carbonyl (C=O) groups is 2. The monoisotopic (exact) mass is 314 g/mol. The highest BCUT2D eigenvalue weighted by molar-refractivity contribution is 5.91. The van der Waals surface area contributed by atoms with Gasteiger partial charge in [0.25, 0.3) is 0 Å². The Kier molecular flexibility index (Phi) is 5.75. The van der Waals surface area contributed by atoms with E-state index in [1.54, 1.807) is 12.1 Å². The third-order valence-electron chi connectivity index (χ3n) is 4.50. The smallest absolute Gasteiger partial charge is 0.303 e. The number of rotatable bonds is 6. The van der Waals surface area contributed by atoms with Crippen molar-refractivity contribution in [3.63, 3.8) is 0 Å². The lowest BCUT2D eigenvalue weighted by molar-refractivity contribution is -0.140. The Balaban J connectivity index is 1.98. The molecule has 5 heteroatoms. The summed E-state index contributed by atoms with van der Waals surface area (Å²) in [7, 11) is 0. The number of anilines is 1. The molecule has 0 radical (unpaired) electrons. The van der Waals surface area contributed by atoms with Crippen molar-refractivity contribution in [1.29, 1.82) is 5.26 Å². The highest BCUT2D eigenvalue weighted by Gasteiger charge is 2.36. The number of nitriles is 1. The molecular formula is C18H22N2O3. The molecule has 1 aromatic carbocycles. The van der Waals surface area contributed by atoms with Gasteiger partial charge in [0.1, 0.15) is 0 Å². The fourth-order valence-electron chi connectivity index (χ4n) is 3.38. The maximum absolute atomic E-state index is 12.3. The molecule has 0 aromatic heterocycles. The van der Waals surface area contributed by atoms with E-state index < -0.39 is 11.4 Å². The molecule has 1 amide bonds. The van der Waals surface area contributed by atoms with E-state index in [1.807, 2.05) is 12.1 Å². The van der Waals surface area contributed by atoms with Gasteiger partial charge < -0.3 is 10.4 Å². The molecule has 0 aliphatic heterocycles. The van der Waals surface area contributed by atoms with Crippen LogP contribution in [0.5, 0.6) is 0 Å². The summed E-state index contributed by atoms with van der Waals surface area (Å²) < 4.78 is 0. The fraction of sp³-hybridized carbons (Fsp3) is 0.500. The van der Waals surface area contributed by atoms with E-state index in [1.165, 1.54) is 0 Å². The van der Waals surface area contributed by atoms with Gasteiger partial charge in [-0.3, -0.25) is 9.59 Å². The van der Waals surface area contributed by atoms with Crippen molar-refractivity contribution in [3.05, 3.63) is 29.8 Å². The summed E-state index contributed by atoms with van der Waals surface area (Å²) in [4.78, 5) is 23.5. The van der Waals surface area contributed by atoms with Crippen LogP contribution >= 0.6 is 0 Å². The van der Waals surface area contributed by atoms with Gasteiger partial charge in [-0.25, -0.2) is 0 Å². The quantitative estimate of drug-likeness (QED) is 0.840. The molecule has 122 valence electrons. The summed E-state index contributed by atoms with van der Waals surface area (Å²) in [6, 6.07) is 9.25. The minimum Gasteiger partial charge on any atom is -0.481 e. The van der Waals surface area contributed by atoms with Crippen molar-refractivity contribution in [1.82, 2.24) is 0 Å². The summed E-state index contributed by atoms with van der Waals surface area (Å²) in [5, 5.41) is 20.6. The molecule has 1 fully saturated rings. The number of carboxylic acids is 1. The average Bonchev–Trinajstić information content (AvgIpc) is 2.49. The highest BCUT2D eigenvalue weighted by Crippen LogP contribution is 2.42. The van der Waals surface area contributed by atoms with Crippen molar-refractivity contribution < 1.29 is 14.7 Å². The molecule has 23 heavy (non-hydrogen) atoms. The summed E-state index contributed by atoms with van der Waals surface area (Å²) in [5.41, 5.74) is 1.17. The Morgan fingerprint density at radius 3 is 2.35 bits per heavy atom. The number of carboxylic acid groups (broad SMARTS) is 1. The SMILES string of the molecule is N#CCc1ccc(NC(=O)CC2(CC(=O)O)CCCCC2)cc1. The van der Waals surface area contributed by atoms with Crippen molar-refractivity contribution in [2.24, 2.45) is 5.41 Å². The van der Waals surface area contributed by atoms with Crippen LogP contribution < -0.4 is 5.32 Å². The van der Waals surface area contributed by atoms with Crippen LogP contribution in [0.2, 0.25) is 0 Å². The minimum absolute atomic E-state index is 0.0571. The Hall–Kier alpha value is -2.35. The van der Waals surface area contributed by atoms with E-state index in [9.17, 15) is 9.59 Å². The largest absolute Gasteiger partial charge is 0.481 e. The van der Waals surface area contributed by atoms with E-state index in [-0.39, 0.29) is 18.7 Å². The van der Waals surface area contributed by atoms with Crippen LogP contribution in [-0.2, 0) is 16.0 Å². The molecule has 2 N–H and O–H groups in total. The van der Waals surface area contributed by atoms with Crippen LogP contribution in [0.15, 0.2) is 24.3 Å². The lowest BCUT2D eigenvalue weighted by atomic mass is 9.69. The lowest BCUT2D eigenvalue weighted by Gasteiger charge is -2.35. The third-order valence-corrected chi connectivity index (χ3v) is 4.50. The first-order chi connectivity index (χ1) is 11.0. The number of aliphatic carboxylic acids is 1. The van der Waals surface area contributed by atoms with Gasteiger partial charge in [-0.1, -0.05) is 31.4 Å². The van der Waals surface area contributed by atoms with Crippen LogP contribution in [0.3, 0.4) is 0 Å². The van der Waals surface area contributed by atoms with Gasteiger partial charge in [-0.05, 0) is 36.0 Å². The van der Waals surface area contributed by atoms with Crippen molar-refractivity contribution >= 4 is 17.6 Å². The van der Waals surface area contributed by atoms with E-state index in [0.717, 1.165) is 37.7 Å². The standard InChI is InChI=1S/C18H22N2O3/c19-11-8-14-4-6-15(7-5-14)20-16(21)12-18(13-17(22)23)9-2-1-3-10-18/h4-7H,1-3,8-10,12-13H2,(H,20,21)(H,22,23). The molecule has 1 aliphatic carbocycles. The molecule has 1 aliphatic rings. The van der Waals surface area contributed by atoms with Crippen LogP contribution in [0, 0.1) is 16.7 Å². The van der Waals surface area contributed by atoms with Gasteiger partial charge in [0.05, 0.1) is 18.9 Å². The van der Waals surface area contributed by atoms with E-state index in [0.29, 0.717) is 12.1 Å². The van der Waals surface area contributed by atoms with E-state index >= 15 is 0 Å². The zero-order valence-electron chi connectivity index (χ0n) is 13.2. The van der Waals surface area contributed by atoms with Crippen molar-refractivity contribution in [2.45, 2.75) is 51.4 Å². The molecule has 0 saturated heterocycles. The first kappa shape index (κ1) is 17.0. The molecule has 5 nitrogen and oxygen atoms in total. The second kappa shape index (κ2) is 7.77. The van der Waals surface area contributed by atoms with Gasteiger partial charge in [0, 0.05) is 12.1 Å². The number of nitrogens with zero attached hydrogens (tertiary/aromatic N) is 1. The molecule has 2 rings (SSSR count). The van der Waals surface area contributed by atoms with Gasteiger partial charge in [-0.15, -0.1) is 0 Å². The molecule has 0 atom stereocenters. The molecule has 0 spiro atoms. The summed E-state index contributed by atoms with van der Waals surface area (Å²) in [5.74, 6) is -0.971. The predicted octanol–water partition coefficient (Wildman–Crippen LogP) is 3.51. The zero-order valence-corrected chi connectivity index (χ0v) is 13.2. The number of hydrogen-bond donors (Lipinski definition) is 2. The minimum atomic E-state index is -0.833. The normalized spacial score (nSPS) is 16.3. The fourth-order valence-corrected chi connectivity index (χ4v) is 3.38. The second-order valence-electron chi connectivity index (χ2n) is 6.39. The second-order valence-corrected chi connectivity index (χ2v) is 6.39. The number of hydrogen-bond acceptors (Lipinski definition) is 3. The van der Waals surface area contributed by atoms with Crippen LogP contribution in [-0.4, -0.2) is 17.0 Å². The molecule has 1 saturated carbocycles. The van der Waals surface area contributed by atoms with Gasteiger partial charge in [0.2, 0.25) is 5.91 Å². The molecular weight excluding hydrogens is 292 g/mol. The Bertz CT molecular complexity index is 596. The van der Waals surface area contributed by atoms with Gasteiger partial charge in [0.15, 0.2) is 0 Å². The zero-order chi connectivity index (χ0) is 16.7. The molecule has 0 heterocycles. The van der Waals surface area contributed by atoms with Crippen LogP contribution in [0.1, 0.15) is 50.5 Å². The maximum atomic E-state index is 12.3. The highest BCUT2D eigenvalue weighted by atomic mass is 16.4.